The fourth-order valence-corrected chi connectivity index (χ4v) is 6.50. The van der Waals surface area contributed by atoms with E-state index in [9.17, 15) is 9.90 Å². The van der Waals surface area contributed by atoms with Gasteiger partial charge >= 0.3 is 0 Å². The van der Waals surface area contributed by atoms with E-state index >= 15 is 0 Å². The topological polar surface area (TPSA) is 46.5 Å². The highest BCUT2D eigenvalue weighted by Gasteiger charge is 2.63. The van der Waals surface area contributed by atoms with E-state index < -0.39 is 5.60 Å². The highest BCUT2D eigenvalue weighted by molar-refractivity contribution is 5.92. The number of carbonyl (C=O) groups is 1. The number of hydrogen-bond donors (Lipinski definition) is 1. The van der Waals surface area contributed by atoms with Crippen LogP contribution in [0, 0.1) is 22.7 Å². The first-order chi connectivity index (χ1) is 11.8. The number of allylic oxidation sites excluding steroid dienone is 4. The van der Waals surface area contributed by atoms with Crippen LogP contribution >= 0.6 is 0 Å². The lowest BCUT2D eigenvalue weighted by molar-refractivity contribution is -0.115. The van der Waals surface area contributed by atoms with Gasteiger partial charge in [-0.15, -0.1) is 0 Å². The van der Waals surface area contributed by atoms with Crippen molar-refractivity contribution < 1.29 is 14.6 Å². The Labute approximate surface area is 150 Å². The zero-order valence-corrected chi connectivity index (χ0v) is 15.7. The molecule has 4 aliphatic rings. The summed E-state index contributed by atoms with van der Waals surface area (Å²) in [7, 11) is 1.61. The molecule has 2 fully saturated rings. The maximum atomic E-state index is 11.9. The van der Waals surface area contributed by atoms with E-state index in [1.54, 1.807) is 7.11 Å². The lowest BCUT2D eigenvalue weighted by Gasteiger charge is -2.54. The van der Waals surface area contributed by atoms with Gasteiger partial charge in [-0.05, 0) is 56.4 Å². The summed E-state index contributed by atoms with van der Waals surface area (Å²) < 4.78 is 5.39. The molecule has 1 N–H and O–H groups in total. The smallest absolute Gasteiger partial charge is 0.155 e. The van der Waals surface area contributed by atoms with Crippen molar-refractivity contribution in [2.75, 3.05) is 7.11 Å². The molecule has 136 valence electrons. The van der Waals surface area contributed by atoms with Crippen molar-refractivity contribution in [3.05, 3.63) is 35.6 Å². The molecule has 5 atom stereocenters. The molecule has 3 nitrogen and oxygen atoms in total. The Hall–Kier alpha value is -1.35. The second-order valence-electron chi connectivity index (χ2n) is 9.03. The van der Waals surface area contributed by atoms with E-state index in [4.69, 9.17) is 4.74 Å². The van der Waals surface area contributed by atoms with Crippen molar-refractivity contribution in [1.29, 1.82) is 0 Å². The van der Waals surface area contributed by atoms with Gasteiger partial charge in [0.15, 0.2) is 5.78 Å². The molecule has 0 radical (unpaired) electrons. The molecule has 2 saturated carbocycles. The molecule has 0 amide bonds. The Morgan fingerprint density at radius 2 is 2.04 bits per heavy atom. The number of fused-ring (bicyclic) bond motifs is 5. The highest BCUT2D eigenvalue weighted by Crippen LogP contribution is 2.66. The van der Waals surface area contributed by atoms with Gasteiger partial charge in [0.25, 0.3) is 0 Å². The van der Waals surface area contributed by atoms with Crippen molar-refractivity contribution in [2.24, 2.45) is 22.7 Å². The molecule has 0 aromatic rings. The van der Waals surface area contributed by atoms with Gasteiger partial charge in [0.2, 0.25) is 0 Å². The highest BCUT2D eigenvalue weighted by atomic mass is 16.5. The molecule has 3 heteroatoms. The second kappa shape index (κ2) is 5.33. The van der Waals surface area contributed by atoms with Gasteiger partial charge in [0.05, 0.1) is 7.11 Å². The van der Waals surface area contributed by atoms with Crippen LogP contribution < -0.4 is 0 Å². The van der Waals surface area contributed by atoms with Gasteiger partial charge in [-0.3, -0.25) is 4.79 Å². The Kier molecular flexibility index (Phi) is 3.64. The molecule has 25 heavy (non-hydrogen) atoms. The minimum Gasteiger partial charge on any atom is -0.499 e. The molecular formula is C22H30O3. The van der Waals surface area contributed by atoms with Crippen LogP contribution in [0.1, 0.15) is 58.8 Å². The average Bonchev–Trinajstić information content (AvgIpc) is 2.87. The summed E-state index contributed by atoms with van der Waals surface area (Å²) in [4.78, 5) is 11.9. The summed E-state index contributed by atoms with van der Waals surface area (Å²) in [5.41, 5.74) is 1.78. The maximum absolute atomic E-state index is 11.9. The van der Waals surface area contributed by atoms with Crippen LogP contribution in [0.5, 0.6) is 0 Å². The van der Waals surface area contributed by atoms with E-state index in [-0.39, 0.29) is 10.8 Å². The van der Waals surface area contributed by atoms with Crippen LogP contribution in [-0.4, -0.2) is 23.6 Å². The first kappa shape index (κ1) is 17.1. The number of ketones is 1. The first-order valence-corrected chi connectivity index (χ1v) is 9.66. The maximum Gasteiger partial charge on any atom is 0.155 e. The SMILES string of the molecule is C=C(OC)[C@@]1(O)CC[C@@H]2[C@@H]3CCC4=CC(=O)CC[C@@]4(C)C3=CC[C@@]21C. The zero-order valence-electron chi connectivity index (χ0n) is 15.7. The third-order valence-electron chi connectivity index (χ3n) is 8.20. The molecule has 0 aliphatic heterocycles. The third-order valence-corrected chi connectivity index (χ3v) is 8.20. The van der Waals surface area contributed by atoms with Gasteiger partial charge in [0, 0.05) is 17.3 Å². The van der Waals surface area contributed by atoms with Crippen molar-refractivity contribution in [3.8, 4) is 0 Å². The van der Waals surface area contributed by atoms with Crippen LogP contribution in [0.2, 0.25) is 0 Å². The van der Waals surface area contributed by atoms with Gasteiger partial charge in [-0.2, -0.15) is 0 Å². The van der Waals surface area contributed by atoms with Crippen LogP contribution in [0.15, 0.2) is 35.6 Å². The summed E-state index contributed by atoms with van der Waals surface area (Å²) >= 11 is 0. The normalized spacial score (nSPS) is 45.7. The van der Waals surface area contributed by atoms with Crippen molar-refractivity contribution in [1.82, 2.24) is 0 Å². The summed E-state index contributed by atoms with van der Waals surface area (Å²) in [5, 5.41) is 11.4. The van der Waals surface area contributed by atoms with E-state index in [0.717, 1.165) is 38.5 Å². The van der Waals surface area contributed by atoms with Crippen LogP contribution in [0.4, 0.5) is 0 Å². The van der Waals surface area contributed by atoms with E-state index in [1.165, 1.54) is 11.1 Å². The Morgan fingerprint density at radius 1 is 1.28 bits per heavy atom. The predicted octanol–water partition coefficient (Wildman–Crippen LogP) is 4.33. The number of rotatable bonds is 2. The molecule has 0 aromatic carbocycles. The van der Waals surface area contributed by atoms with Gasteiger partial charge in [0.1, 0.15) is 11.4 Å². The molecule has 0 saturated heterocycles. The Morgan fingerprint density at radius 3 is 2.76 bits per heavy atom. The minimum atomic E-state index is -0.937. The largest absolute Gasteiger partial charge is 0.499 e. The van der Waals surface area contributed by atoms with Crippen molar-refractivity contribution in [3.63, 3.8) is 0 Å². The van der Waals surface area contributed by atoms with Gasteiger partial charge < -0.3 is 9.84 Å². The number of hydrogen-bond acceptors (Lipinski definition) is 3. The number of ether oxygens (including phenoxy) is 1. The minimum absolute atomic E-state index is 0.0527. The van der Waals surface area contributed by atoms with Gasteiger partial charge in [-0.1, -0.05) is 37.6 Å². The second-order valence-corrected chi connectivity index (χ2v) is 9.03. The molecule has 0 aromatic heterocycles. The summed E-state index contributed by atoms with van der Waals surface area (Å²) in [5.74, 6) is 1.77. The summed E-state index contributed by atoms with van der Waals surface area (Å²) in [6.45, 7) is 8.57. The predicted molar refractivity (Wildman–Crippen MR) is 97.8 cm³/mol. The average molecular weight is 342 g/mol. The monoisotopic (exact) mass is 342 g/mol. The van der Waals surface area contributed by atoms with Crippen molar-refractivity contribution in [2.45, 2.75) is 64.4 Å². The molecule has 4 rings (SSSR count). The number of aliphatic hydroxyl groups is 1. The summed E-state index contributed by atoms with van der Waals surface area (Å²) in [6, 6.07) is 0. The quantitative estimate of drug-likeness (QED) is 0.600. The number of methoxy groups -OCH3 is 1. The molecule has 0 unspecified atom stereocenters. The fourth-order valence-electron chi connectivity index (χ4n) is 6.50. The molecule has 4 aliphatic carbocycles. The standard InChI is InChI=1S/C22H30O3/c1-14(25-4)22(24)12-9-19-17-6-5-15-13-16(23)7-10-20(15,2)18(17)8-11-21(19,22)3/h8,13,17,19,24H,1,5-7,9-12H2,2-4H3/t17-,19-,20-,21+,22+/m1/s1. The Balaban J connectivity index is 1.75. The molecule has 0 spiro atoms. The van der Waals surface area contributed by atoms with E-state index in [1.807, 2.05) is 6.08 Å². The third kappa shape index (κ3) is 2.05. The fraction of sp³-hybridized carbons (Fsp3) is 0.682. The molecule has 0 heterocycles. The lowest BCUT2D eigenvalue weighted by atomic mass is 9.50. The van der Waals surface area contributed by atoms with Crippen LogP contribution in [-0.2, 0) is 9.53 Å². The zero-order chi connectivity index (χ0) is 18.0. The Bertz CT molecular complexity index is 702. The summed E-state index contributed by atoms with van der Waals surface area (Å²) in [6.07, 6.45) is 10.6. The van der Waals surface area contributed by atoms with Crippen LogP contribution in [0.3, 0.4) is 0 Å². The van der Waals surface area contributed by atoms with Crippen molar-refractivity contribution >= 4 is 5.78 Å². The molecular weight excluding hydrogens is 312 g/mol. The van der Waals surface area contributed by atoms with E-state index in [0.29, 0.717) is 29.8 Å². The molecule has 0 bridgehead atoms. The van der Waals surface area contributed by atoms with E-state index in [2.05, 4.69) is 26.5 Å². The lowest BCUT2D eigenvalue weighted by Crippen LogP contribution is -2.51. The first-order valence-electron chi connectivity index (χ1n) is 9.66. The van der Waals surface area contributed by atoms with Crippen LogP contribution in [0.25, 0.3) is 0 Å². The number of carbonyl (C=O) groups excluding carboxylic acids is 1. The van der Waals surface area contributed by atoms with Gasteiger partial charge in [-0.25, -0.2) is 0 Å².